The third kappa shape index (κ3) is 6.86. The molecule has 0 spiro atoms. The first kappa shape index (κ1) is 18.7. The van der Waals surface area contributed by atoms with Gasteiger partial charge in [0.15, 0.2) is 5.96 Å². The van der Waals surface area contributed by atoms with Crippen molar-refractivity contribution in [3.63, 3.8) is 0 Å². The van der Waals surface area contributed by atoms with Crippen LogP contribution >= 0.6 is 0 Å². The molecule has 1 aliphatic heterocycles. The molecule has 0 saturated carbocycles. The summed E-state index contributed by atoms with van der Waals surface area (Å²) in [5, 5.41) is 6.70. The number of guanidine groups is 1. The predicted molar refractivity (Wildman–Crippen MR) is 97.2 cm³/mol. The summed E-state index contributed by atoms with van der Waals surface area (Å²) < 4.78 is 10.5. The van der Waals surface area contributed by atoms with Gasteiger partial charge in [-0.3, -0.25) is 4.90 Å². The maximum absolute atomic E-state index is 5.37. The number of nitrogens with one attached hydrogen (secondary N) is 2. The molecule has 1 aromatic rings. The van der Waals surface area contributed by atoms with Crippen LogP contribution in [-0.4, -0.2) is 63.9 Å². The van der Waals surface area contributed by atoms with E-state index in [9.17, 15) is 0 Å². The Kier molecular flexibility index (Phi) is 8.59. The van der Waals surface area contributed by atoms with Crippen LogP contribution in [-0.2, 0) is 22.6 Å². The van der Waals surface area contributed by atoms with E-state index < -0.39 is 0 Å². The summed E-state index contributed by atoms with van der Waals surface area (Å²) in [6.45, 7) is 9.87. The second-order valence-corrected chi connectivity index (χ2v) is 5.83. The second kappa shape index (κ2) is 11.0. The van der Waals surface area contributed by atoms with Crippen LogP contribution in [0.2, 0.25) is 0 Å². The quantitative estimate of drug-likeness (QED) is 0.553. The summed E-state index contributed by atoms with van der Waals surface area (Å²) in [5.41, 5.74) is 2.38. The Morgan fingerprint density at radius 1 is 1.17 bits per heavy atom. The minimum atomic E-state index is 0.648. The molecule has 134 valence electrons. The number of aliphatic imine (C=N–C) groups is 1. The van der Waals surface area contributed by atoms with E-state index in [0.29, 0.717) is 13.2 Å². The zero-order valence-electron chi connectivity index (χ0n) is 14.9. The lowest BCUT2D eigenvalue weighted by Crippen LogP contribution is -2.44. The van der Waals surface area contributed by atoms with E-state index in [-0.39, 0.29) is 0 Å². The van der Waals surface area contributed by atoms with E-state index >= 15 is 0 Å². The molecule has 24 heavy (non-hydrogen) atoms. The zero-order valence-corrected chi connectivity index (χ0v) is 14.9. The first-order valence-electron chi connectivity index (χ1n) is 8.71. The molecule has 6 nitrogen and oxygen atoms in total. The second-order valence-electron chi connectivity index (χ2n) is 5.83. The van der Waals surface area contributed by atoms with Gasteiger partial charge in [0, 0.05) is 39.8 Å². The highest BCUT2D eigenvalue weighted by Crippen LogP contribution is 2.06. The maximum Gasteiger partial charge on any atom is 0.191 e. The van der Waals surface area contributed by atoms with Gasteiger partial charge in [-0.15, -0.1) is 0 Å². The average molecular weight is 334 g/mol. The normalized spacial score (nSPS) is 16.2. The van der Waals surface area contributed by atoms with E-state index in [0.717, 1.165) is 51.9 Å². The molecule has 1 fully saturated rings. The third-order valence-electron chi connectivity index (χ3n) is 3.92. The Labute approximate surface area is 145 Å². The topological polar surface area (TPSA) is 58.1 Å². The fourth-order valence-electron chi connectivity index (χ4n) is 2.58. The van der Waals surface area contributed by atoms with E-state index in [4.69, 9.17) is 9.47 Å². The van der Waals surface area contributed by atoms with Gasteiger partial charge in [0.2, 0.25) is 0 Å². The molecule has 0 radical (unpaired) electrons. The van der Waals surface area contributed by atoms with E-state index in [1.165, 1.54) is 11.1 Å². The molecule has 0 unspecified atom stereocenters. The number of morpholine rings is 1. The van der Waals surface area contributed by atoms with E-state index in [1.54, 1.807) is 7.11 Å². The highest BCUT2D eigenvalue weighted by molar-refractivity contribution is 5.79. The molecule has 2 rings (SSSR count). The van der Waals surface area contributed by atoms with Gasteiger partial charge in [-0.25, -0.2) is 4.99 Å². The van der Waals surface area contributed by atoms with Crippen LogP contribution in [0.5, 0.6) is 0 Å². The fourth-order valence-corrected chi connectivity index (χ4v) is 2.58. The minimum absolute atomic E-state index is 0.648. The smallest absolute Gasteiger partial charge is 0.191 e. The van der Waals surface area contributed by atoms with Crippen molar-refractivity contribution in [2.75, 3.05) is 53.0 Å². The monoisotopic (exact) mass is 334 g/mol. The number of hydrogen-bond acceptors (Lipinski definition) is 4. The van der Waals surface area contributed by atoms with Crippen molar-refractivity contribution >= 4 is 5.96 Å². The maximum atomic E-state index is 5.37. The van der Waals surface area contributed by atoms with E-state index in [2.05, 4.69) is 51.7 Å². The lowest BCUT2D eigenvalue weighted by Gasteiger charge is -2.26. The standard InChI is InChI=1S/C18H30N4O2/c1-3-19-18(20-8-9-22-10-12-24-13-11-22)21-14-16-4-6-17(7-5-16)15-23-2/h4-7H,3,8-15H2,1-2H3,(H2,19,20,21). The lowest BCUT2D eigenvalue weighted by molar-refractivity contribution is 0.0389. The molecule has 0 amide bonds. The van der Waals surface area contributed by atoms with Crippen LogP contribution < -0.4 is 10.6 Å². The number of hydrogen-bond donors (Lipinski definition) is 2. The van der Waals surface area contributed by atoms with E-state index in [1.807, 2.05) is 0 Å². The Hall–Kier alpha value is -1.63. The van der Waals surface area contributed by atoms with Crippen molar-refractivity contribution in [3.05, 3.63) is 35.4 Å². The summed E-state index contributed by atoms with van der Waals surface area (Å²) in [4.78, 5) is 7.07. The Balaban J connectivity index is 1.78. The minimum Gasteiger partial charge on any atom is -0.380 e. The Morgan fingerprint density at radius 2 is 1.88 bits per heavy atom. The van der Waals surface area contributed by atoms with Gasteiger partial charge in [0.1, 0.15) is 0 Å². The SMILES string of the molecule is CCNC(=NCc1ccc(COC)cc1)NCCN1CCOCC1. The number of ether oxygens (including phenoxy) is 2. The molecule has 1 aromatic carbocycles. The Bertz CT molecular complexity index is 484. The summed E-state index contributed by atoms with van der Waals surface area (Å²) in [6.07, 6.45) is 0. The predicted octanol–water partition coefficient (Wildman–Crippen LogP) is 1.22. The molecule has 1 heterocycles. The third-order valence-corrected chi connectivity index (χ3v) is 3.92. The van der Waals surface area contributed by atoms with Crippen LogP contribution in [0.1, 0.15) is 18.1 Å². The van der Waals surface area contributed by atoms with Crippen molar-refractivity contribution < 1.29 is 9.47 Å². The molecular weight excluding hydrogens is 304 g/mol. The fraction of sp³-hybridized carbons (Fsp3) is 0.611. The van der Waals surface area contributed by atoms with Crippen LogP contribution in [0.4, 0.5) is 0 Å². The van der Waals surface area contributed by atoms with Gasteiger partial charge in [0.05, 0.1) is 26.4 Å². The van der Waals surface area contributed by atoms with Crippen LogP contribution in [0.15, 0.2) is 29.3 Å². The van der Waals surface area contributed by atoms with Crippen molar-refractivity contribution in [2.45, 2.75) is 20.1 Å². The number of rotatable bonds is 8. The van der Waals surface area contributed by atoms with Crippen LogP contribution in [0.25, 0.3) is 0 Å². The first-order valence-corrected chi connectivity index (χ1v) is 8.71. The van der Waals surface area contributed by atoms with Crippen molar-refractivity contribution in [1.29, 1.82) is 0 Å². The zero-order chi connectivity index (χ0) is 17.0. The number of benzene rings is 1. The molecule has 1 aliphatic rings. The molecule has 0 aromatic heterocycles. The molecule has 6 heteroatoms. The first-order chi connectivity index (χ1) is 11.8. The van der Waals surface area contributed by atoms with Crippen molar-refractivity contribution in [2.24, 2.45) is 4.99 Å². The van der Waals surface area contributed by atoms with Gasteiger partial charge >= 0.3 is 0 Å². The van der Waals surface area contributed by atoms with Crippen LogP contribution in [0.3, 0.4) is 0 Å². The molecular formula is C18H30N4O2. The van der Waals surface area contributed by atoms with Gasteiger partial charge < -0.3 is 20.1 Å². The largest absolute Gasteiger partial charge is 0.380 e. The Morgan fingerprint density at radius 3 is 2.54 bits per heavy atom. The molecule has 0 aliphatic carbocycles. The van der Waals surface area contributed by atoms with Gasteiger partial charge in [0.25, 0.3) is 0 Å². The lowest BCUT2D eigenvalue weighted by atomic mass is 10.1. The number of methoxy groups -OCH3 is 1. The van der Waals surface area contributed by atoms with Crippen molar-refractivity contribution in [3.8, 4) is 0 Å². The highest BCUT2D eigenvalue weighted by Gasteiger charge is 2.09. The summed E-state index contributed by atoms with van der Waals surface area (Å²) in [5.74, 6) is 0.867. The van der Waals surface area contributed by atoms with Gasteiger partial charge in [-0.1, -0.05) is 24.3 Å². The van der Waals surface area contributed by atoms with Crippen LogP contribution in [0, 0.1) is 0 Å². The average Bonchev–Trinajstić information content (AvgIpc) is 2.62. The van der Waals surface area contributed by atoms with Gasteiger partial charge in [-0.2, -0.15) is 0 Å². The molecule has 1 saturated heterocycles. The van der Waals surface area contributed by atoms with Crippen molar-refractivity contribution in [1.82, 2.24) is 15.5 Å². The highest BCUT2D eigenvalue weighted by atomic mass is 16.5. The summed E-state index contributed by atoms with van der Waals surface area (Å²) >= 11 is 0. The molecule has 0 atom stereocenters. The summed E-state index contributed by atoms with van der Waals surface area (Å²) in [7, 11) is 1.71. The molecule has 2 N–H and O–H groups in total. The molecule has 0 bridgehead atoms. The summed E-state index contributed by atoms with van der Waals surface area (Å²) in [6, 6.07) is 8.39. The van der Waals surface area contributed by atoms with Gasteiger partial charge in [-0.05, 0) is 18.1 Å². The number of nitrogens with zero attached hydrogens (tertiary/aromatic N) is 2.